The lowest BCUT2D eigenvalue weighted by atomic mass is 9.69. The predicted molar refractivity (Wildman–Crippen MR) is 168 cm³/mol. The Hall–Kier alpha value is -0.380. The average molecular weight is 559 g/mol. The van der Waals surface area contributed by atoms with Gasteiger partial charge in [-0.05, 0) is 158 Å². The molecule has 4 aliphatic carbocycles. The van der Waals surface area contributed by atoms with Gasteiger partial charge in [0, 0.05) is 13.2 Å². The van der Waals surface area contributed by atoms with Crippen molar-refractivity contribution in [3.8, 4) is 0 Å². The Morgan fingerprint density at radius 3 is 1.52 bits per heavy atom. The monoisotopic (exact) mass is 559 g/mol. The largest absolute Gasteiger partial charge is 0.393 e. The molecular formula is C37H66O3. The number of ether oxygens (including phenoxy) is 2. The average Bonchev–Trinajstić information content (AvgIpc) is 3.01. The molecule has 0 saturated heterocycles. The van der Waals surface area contributed by atoms with Gasteiger partial charge in [0.15, 0.2) is 0 Å². The molecular weight excluding hydrogens is 492 g/mol. The first-order valence-electron chi connectivity index (χ1n) is 18.2. The molecule has 0 aromatic carbocycles. The van der Waals surface area contributed by atoms with Crippen LogP contribution in [0.3, 0.4) is 0 Å². The minimum absolute atomic E-state index is 0.0737. The molecule has 0 aromatic heterocycles. The van der Waals surface area contributed by atoms with E-state index in [9.17, 15) is 5.11 Å². The van der Waals surface area contributed by atoms with Gasteiger partial charge >= 0.3 is 0 Å². The van der Waals surface area contributed by atoms with E-state index in [0.717, 1.165) is 74.9 Å². The molecule has 0 bridgehead atoms. The van der Waals surface area contributed by atoms with E-state index in [1.807, 2.05) is 6.08 Å². The Morgan fingerprint density at radius 1 is 0.625 bits per heavy atom. The summed E-state index contributed by atoms with van der Waals surface area (Å²) in [5.41, 5.74) is 0. The zero-order valence-electron chi connectivity index (χ0n) is 26.4. The Labute approximate surface area is 248 Å². The van der Waals surface area contributed by atoms with Gasteiger partial charge in [0.25, 0.3) is 0 Å². The van der Waals surface area contributed by atoms with Gasteiger partial charge in [0.05, 0.1) is 18.3 Å². The second kappa shape index (κ2) is 18.3. The third-order valence-corrected chi connectivity index (χ3v) is 12.0. The third kappa shape index (κ3) is 10.7. The van der Waals surface area contributed by atoms with Crippen LogP contribution in [-0.4, -0.2) is 36.6 Å². The summed E-state index contributed by atoms with van der Waals surface area (Å²) in [5.74, 6) is 5.38. The summed E-state index contributed by atoms with van der Waals surface area (Å²) >= 11 is 0. The second-order valence-corrected chi connectivity index (χ2v) is 14.5. The van der Waals surface area contributed by atoms with Crippen LogP contribution in [0.25, 0.3) is 0 Å². The third-order valence-electron chi connectivity index (χ3n) is 12.0. The first-order chi connectivity index (χ1) is 19.7. The molecule has 4 saturated carbocycles. The smallest absolute Gasteiger partial charge is 0.0575 e. The van der Waals surface area contributed by atoms with E-state index in [2.05, 4.69) is 13.5 Å². The first-order valence-corrected chi connectivity index (χ1v) is 18.2. The SMILES string of the molecule is C=CCCCCC(O)C1CCC(C2CCC(OCCCCOC3CCC(C4CCC(CC)CC4)CC3)CC2)CC1. The van der Waals surface area contributed by atoms with Gasteiger partial charge in [0.2, 0.25) is 0 Å². The van der Waals surface area contributed by atoms with Crippen LogP contribution < -0.4 is 0 Å². The summed E-state index contributed by atoms with van der Waals surface area (Å²) in [7, 11) is 0. The molecule has 4 rings (SSSR count). The van der Waals surface area contributed by atoms with Gasteiger partial charge < -0.3 is 14.6 Å². The van der Waals surface area contributed by atoms with Gasteiger partial charge in [-0.3, -0.25) is 0 Å². The van der Waals surface area contributed by atoms with Crippen molar-refractivity contribution >= 4 is 0 Å². The second-order valence-electron chi connectivity index (χ2n) is 14.5. The maximum Gasteiger partial charge on any atom is 0.0575 e. The lowest BCUT2D eigenvalue weighted by Crippen LogP contribution is -2.31. The molecule has 0 aliphatic heterocycles. The van der Waals surface area contributed by atoms with Gasteiger partial charge in [-0.2, -0.15) is 0 Å². The normalized spacial score (nSPS) is 36.2. The summed E-state index contributed by atoms with van der Waals surface area (Å²) in [6.45, 7) is 8.03. The van der Waals surface area contributed by atoms with E-state index in [1.165, 1.54) is 116 Å². The molecule has 0 spiro atoms. The maximum absolute atomic E-state index is 10.6. The zero-order valence-corrected chi connectivity index (χ0v) is 26.4. The number of hydrogen-bond donors (Lipinski definition) is 1. The highest BCUT2D eigenvalue weighted by molar-refractivity contribution is 4.85. The van der Waals surface area contributed by atoms with Gasteiger partial charge in [-0.1, -0.05) is 38.7 Å². The molecule has 0 radical (unpaired) electrons. The molecule has 0 aromatic rings. The van der Waals surface area contributed by atoms with Gasteiger partial charge in [-0.25, -0.2) is 0 Å². The standard InChI is InChI=1S/C37H66O3/c1-3-5-6-7-10-37(38)34-17-15-31(16-18-34)33-21-25-36(26-22-33)40-28-9-8-27-39-35-23-19-32(20-24-35)30-13-11-29(4-2)12-14-30/h3,29-38H,1,4-28H2,2H3. The van der Waals surface area contributed by atoms with E-state index in [0.29, 0.717) is 18.1 Å². The summed E-state index contributed by atoms with van der Waals surface area (Å²) < 4.78 is 12.6. The first kappa shape index (κ1) is 32.5. The van der Waals surface area contributed by atoms with Crippen molar-refractivity contribution in [1.29, 1.82) is 0 Å². The molecule has 40 heavy (non-hydrogen) atoms. The highest BCUT2D eigenvalue weighted by Gasteiger charge is 2.33. The molecule has 4 aliphatic rings. The summed E-state index contributed by atoms with van der Waals surface area (Å²) in [5, 5.41) is 10.6. The van der Waals surface area contributed by atoms with Crippen LogP contribution in [0.15, 0.2) is 12.7 Å². The van der Waals surface area contributed by atoms with Crippen molar-refractivity contribution in [3.05, 3.63) is 12.7 Å². The lowest BCUT2D eigenvalue weighted by Gasteiger charge is -2.39. The molecule has 232 valence electrons. The molecule has 3 heteroatoms. The number of aliphatic hydroxyl groups is 1. The van der Waals surface area contributed by atoms with Crippen LogP contribution in [0.4, 0.5) is 0 Å². The number of rotatable bonds is 16. The van der Waals surface area contributed by atoms with Crippen LogP contribution >= 0.6 is 0 Å². The van der Waals surface area contributed by atoms with E-state index in [-0.39, 0.29) is 6.10 Å². The van der Waals surface area contributed by atoms with Crippen LogP contribution in [-0.2, 0) is 9.47 Å². The molecule has 0 heterocycles. The van der Waals surface area contributed by atoms with E-state index >= 15 is 0 Å². The fourth-order valence-electron chi connectivity index (χ4n) is 9.10. The van der Waals surface area contributed by atoms with E-state index in [1.54, 1.807) is 0 Å². The van der Waals surface area contributed by atoms with E-state index in [4.69, 9.17) is 9.47 Å². The fourth-order valence-corrected chi connectivity index (χ4v) is 9.10. The zero-order chi connectivity index (χ0) is 28.0. The lowest BCUT2D eigenvalue weighted by molar-refractivity contribution is -0.0115. The predicted octanol–water partition coefficient (Wildman–Crippen LogP) is 10.0. The van der Waals surface area contributed by atoms with Crippen molar-refractivity contribution in [2.45, 2.75) is 173 Å². The molecule has 1 atom stereocenters. The quantitative estimate of drug-likeness (QED) is 0.151. The van der Waals surface area contributed by atoms with Crippen LogP contribution in [0.1, 0.15) is 155 Å². The number of hydrogen-bond acceptors (Lipinski definition) is 3. The molecule has 0 amide bonds. The van der Waals surface area contributed by atoms with Crippen molar-refractivity contribution in [2.75, 3.05) is 13.2 Å². The highest BCUT2D eigenvalue weighted by Crippen LogP contribution is 2.43. The van der Waals surface area contributed by atoms with Crippen molar-refractivity contribution < 1.29 is 14.6 Å². The maximum atomic E-state index is 10.6. The minimum atomic E-state index is -0.0737. The summed E-state index contributed by atoms with van der Waals surface area (Å²) in [6.07, 6.45) is 32.8. The van der Waals surface area contributed by atoms with Crippen LogP contribution in [0.2, 0.25) is 0 Å². The van der Waals surface area contributed by atoms with Crippen molar-refractivity contribution in [2.24, 2.45) is 35.5 Å². The Bertz CT molecular complexity index is 646. The number of aliphatic hydroxyl groups excluding tert-OH is 1. The van der Waals surface area contributed by atoms with Crippen molar-refractivity contribution in [1.82, 2.24) is 0 Å². The molecule has 1 unspecified atom stereocenters. The molecule has 4 fully saturated rings. The topological polar surface area (TPSA) is 38.7 Å². The summed E-state index contributed by atoms with van der Waals surface area (Å²) in [4.78, 5) is 0. The van der Waals surface area contributed by atoms with Crippen molar-refractivity contribution in [3.63, 3.8) is 0 Å². The number of unbranched alkanes of at least 4 members (excludes halogenated alkanes) is 3. The van der Waals surface area contributed by atoms with Gasteiger partial charge in [0.1, 0.15) is 0 Å². The Morgan fingerprint density at radius 2 is 1.07 bits per heavy atom. The molecule has 1 N–H and O–H groups in total. The minimum Gasteiger partial charge on any atom is -0.393 e. The molecule has 3 nitrogen and oxygen atoms in total. The number of allylic oxidation sites excluding steroid dienone is 1. The van der Waals surface area contributed by atoms with Crippen LogP contribution in [0, 0.1) is 35.5 Å². The van der Waals surface area contributed by atoms with E-state index < -0.39 is 0 Å². The van der Waals surface area contributed by atoms with Gasteiger partial charge in [-0.15, -0.1) is 6.58 Å². The summed E-state index contributed by atoms with van der Waals surface area (Å²) in [6, 6.07) is 0. The Balaban J connectivity index is 0.967. The van der Waals surface area contributed by atoms with Crippen LogP contribution in [0.5, 0.6) is 0 Å². The Kier molecular flexibility index (Phi) is 14.9. The fraction of sp³-hybridized carbons (Fsp3) is 0.946. The highest BCUT2D eigenvalue weighted by atomic mass is 16.5.